The number of H-pyrrole nitrogens is 2. The van der Waals surface area contributed by atoms with Crippen LogP contribution >= 0.6 is 11.3 Å². The van der Waals surface area contributed by atoms with Crippen LogP contribution < -0.4 is 15.4 Å². The standard InChI is InChI=1S/C50H57FN10O7S/c1-24(2)41(57-49(64)66-6)46(62)59-14-8-10-35(59)43-52-21-32(55-43)27-12-13-34-29(17-27)19-37-40-31(51)18-28(20-38(40)68-48(61(34)37)39-23-54-45(69-39)30-16-26(30)5)33-22-53-44(56-33)36-11-9-15-60(36)47(63)42(25(3)4)58-50(65)67-7/h12-13,17-26,30,35-36,41-42,48H,8-11,14-16H2,1-7H3,(H,52,55)(H,53,56)(H,57,64)(H,58,65)/t26?,30?,35-,36-,41?,42?,48?/m0/s1. The van der Waals surface area contributed by atoms with Crippen molar-refractivity contribution in [2.45, 2.75) is 103 Å². The molecule has 2 saturated heterocycles. The number of likely N-dealkylation sites (tertiary alicyclic amines) is 2. The SMILES string of the molecule is COC(=O)NC(C(=O)N1CCC[C@H]1c1ncc(-c2cc(F)c3c(c2)OC(c2cnc(C4CC4C)s2)n2c-3cc3cc(-c4cnc([C@@H]5CCCN5C(=O)C(NC(=O)OC)C(C)C)[nH]4)ccc32)[nH]1)C(C)C. The van der Waals surface area contributed by atoms with Gasteiger partial charge in [-0.15, -0.1) is 11.3 Å². The van der Waals surface area contributed by atoms with Crippen LogP contribution in [-0.2, 0) is 19.1 Å². The van der Waals surface area contributed by atoms with Gasteiger partial charge in [0.05, 0.1) is 76.7 Å². The number of benzene rings is 2. The normalized spacial score (nSPS) is 21.5. The van der Waals surface area contributed by atoms with E-state index in [4.69, 9.17) is 29.2 Å². The molecule has 6 aromatic rings. The summed E-state index contributed by atoms with van der Waals surface area (Å²) < 4.78 is 35.5. The van der Waals surface area contributed by atoms with Gasteiger partial charge in [-0.1, -0.05) is 40.7 Å². The highest BCUT2D eigenvalue weighted by Crippen LogP contribution is 2.51. The fraction of sp³-hybridized carbons (Fsp3) is 0.460. The number of hydrogen-bond donors (Lipinski definition) is 4. The van der Waals surface area contributed by atoms with Gasteiger partial charge in [0, 0.05) is 41.7 Å². The maximum atomic E-state index is 16.9. The third-order valence-corrected chi connectivity index (χ3v) is 15.3. The molecule has 4 amide bonds. The summed E-state index contributed by atoms with van der Waals surface area (Å²) in [6.07, 6.45) is 7.38. The fourth-order valence-electron chi connectivity index (χ4n) is 10.2. The highest BCUT2D eigenvalue weighted by Gasteiger charge is 2.41. The van der Waals surface area contributed by atoms with Crippen molar-refractivity contribution in [3.8, 4) is 39.5 Å². The van der Waals surface area contributed by atoms with Crippen LogP contribution in [0.15, 0.2) is 55.0 Å². The molecule has 4 N–H and O–H groups in total. The van der Waals surface area contributed by atoms with Crippen LogP contribution in [0.3, 0.4) is 0 Å². The molecule has 19 heteroatoms. The Morgan fingerprint density at radius 2 is 1.38 bits per heavy atom. The van der Waals surface area contributed by atoms with Gasteiger partial charge in [0.1, 0.15) is 35.3 Å². The molecule has 2 aromatic carbocycles. The Labute approximate surface area is 402 Å². The minimum Gasteiger partial charge on any atom is -0.464 e. The molecule has 1 aliphatic carbocycles. The average molecular weight is 961 g/mol. The summed E-state index contributed by atoms with van der Waals surface area (Å²) in [6.45, 7) is 10.8. The average Bonchev–Trinajstić information content (AvgIpc) is 4.12. The number of hydrogen-bond acceptors (Lipinski definition) is 11. The van der Waals surface area contributed by atoms with E-state index in [1.54, 1.807) is 33.5 Å². The smallest absolute Gasteiger partial charge is 0.407 e. The molecule has 3 fully saturated rings. The molecule has 4 aliphatic rings. The predicted octanol–water partition coefficient (Wildman–Crippen LogP) is 8.84. The van der Waals surface area contributed by atoms with E-state index in [1.165, 1.54) is 20.3 Å². The summed E-state index contributed by atoms with van der Waals surface area (Å²) in [7, 11) is 2.55. The number of nitrogens with one attached hydrogen (secondary N) is 4. The Hall–Kier alpha value is -6.76. The first kappa shape index (κ1) is 46.0. The third-order valence-electron chi connectivity index (χ3n) is 14.1. The molecule has 10 rings (SSSR count). The van der Waals surface area contributed by atoms with Crippen LogP contribution in [0.5, 0.6) is 5.75 Å². The monoisotopic (exact) mass is 960 g/mol. The molecule has 69 heavy (non-hydrogen) atoms. The van der Waals surface area contributed by atoms with Crippen molar-refractivity contribution in [2.75, 3.05) is 27.3 Å². The summed E-state index contributed by atoms with van der Waals surface area (Å²) in [5.74, 6) is 1.38. The molecule has 0 radical (unpaired) electrons. The summed E-state index contributed by atoms with van der Waals surface area (Å²) >= 11 is 1.62. The minimum atomic E-state index is -0.774. The first-order chi connectivity index (χ1) is 33.2. The molecule has 5 unspecified atom stereocenters. The lowest BCUT2D eigenvalue weighted by Gasteiger charge is -2.30. The number of alkyl carbamates (subject to hydrolysis) is 2. The number of carbonyl (C=O) groups is 4. The summed E-state index contributed by atoms with van der Waals surface area (Å²) in [5.41, 5.74) is 4.56. The van der Waals surface area contributed by atoms with Crippen molar-refractivity contribution in [1.29, 1.82) is 0 Å². The maximum Gasteiger partial charge on any atom is 0.407 e. The second-order valence-corrected chi connectivity index (χ2v) is 20.4. The van der Waals surface area contributed by atoms with Gasteiger partial charge < -0.3 is 44.6 Å². The number of aromatic nitrogens is 6. The van der Waals surface area contributed by atoms with Crippen molar-refractivity contribution in [1.82, 2.24) is 49.9 Å². The molecule has 17 nitrogen and oxygen atoms in total. The summed E-state index contributed by atoms with van der Waals surface area (Å²) in [6, 6.07) is 9.21. The third kappa shape index (κ3) is 8.48. The van der Waals surface area contributed by atoms with Crippen LogP contribution in [0.25, 0.3) is 44.7 Å². The predicted molar refractivity (Wildman–Crippen MR) is 256 cm³/mol. The number of halogens is 1. The Kier molecular flexibility index (Phi) is 12.2. The van der Waals surface area contributed by atoms with Gasteiger partial charge in [0.2, 0.25) is 18.0 Å². The number of methoxy groups -OCH3 is 2. The van der Waals surface area contributed by atoms with Crippen LogP contribution in [0.1, 0.15) is 112 Å². The number of fused-ring (bicyclic) bond motifs is 5. The van der Waals surface area contributed by atoms with Gasteiger partial charge in [-0.05, 0) is 80.2 Å². The number of nitrogens with zero attached hydrogens (tertiary/aromatic N) is 6. The van der Waals surface area contributed by atoms with Crippen LogP contribution in [0, 0.1) is 23.6 Å². The zero-order valence-corrected chi connectivity index (χ0v) is 40.5. The second-order valence-electron chi connectivity index (χ2n) is 19.4. The Morgan fingerprint density at radius 3 is 1.93 bits per heavy atom. The minimum absolute atomic E-state index is 0.154. The molecule has 1 saturated carbocycles. The Balaban J connectivity index is 0.968. The number of rotatable bonds is 12. The maximum absolute atomic E-state index is 16.9. The van der Waals surface area contributed by atoms with E-state index in [2.05, 4.69) is 33.6 Å². The Bertz CT molecular complexity index is 2960. The number of aromatic amines is 2. The van der Waals surface area contributed by atoms with E-state index in [9.17, 15) is 19.2 Å². The van der Waals surface area contributed by atoms with E-state index in [1.807, 2.05) is 62.7 Å². The lowest BCUT2D eigenvalue weighted by molar-refractivity contribution is -0.136. The van der Waals surface area contributed by atoms with Crippen molar-refractivity contribution < 1.29 is 37.8 Å². The number of amides is 4. The summed E-state index contributed by atoms with van der Waals surface area (Å²) in [4.78, 5) is 77.5. The van der Waals surface area contributed by atoms with E-state index in [0.29, 0.717) is 71.3 Å². The van der Waals surface area contributed by atoms with Gasteiger partial charge in [0.15, 0.2) is 0 Å². The van der Waals surface area contributed by atoms with E-state index >= 15 is 4.39 Å². The molecular weight excluding hydrogens is 904 g/mol. The highest BCUT2D eigenvalue weighted by molar-refractivity contribution is 7.11. The molecule has 362 valence electrons. The van der Waals surface area contributed by atoms with Crippen molar-refractivity contribution in [3.63, 3.8) is 0 Å². The zero-order valence-electron chi connectivity index (χ0n) is 39.7. The molecule has 3 aliphatic heterocycles. The first-order valence-electron chi connectivity index (χ1n) is 23.7. The lowest BCUT2D eigenvalue weighted by atomic mass is 10.0. The molecule has 4 aromatic heterocycles. The number of imidazole rings is 2. The van der Waals surface area contributed by atoms with Gasteiger partial charge >= 0.3 is 12.2 Å². The lowest BCUT2D eigenvalue weighted by Crippen LogP contribution is -2.51. The number of ether oxygens (including phenoxy) is 3. The number of carbonyl (C=O) groups excluding carboxylic acids is 4. The first-order valence-corrected chi connectivity index (χ1v) is 24.6. The van der Waals surface area contributed by atoms with Crippen molar-refractivity contribution >= 4 is 46.2 Å². The largest absolute Gasteiger partial charge is 0.464 e. The zero-order chi connectivity index (χ0) is 48.4. The van der Waals surface area contributed by atoms with E-state index < -0.39 is 36.3 Å². The Morgan fingerprint density at radius 1 is 0.797 bits per heavy atom. The van der Waals surface area contributed by atoms with Gasteiger partial charge in [-0.2, -0.15) is 0 Å². The molecule has 7 atom stereocenters. The van der Waals surface area contributed by atoms with Crippen LogP contribution in [-0.4, -0.2) is 103 Å². The van der Waals surface area contributed by atoms with Crippen molar-refractivity contribution in [3.05, 3.63) is 82.3 Å². The van der Waals surface area contributed by atoms with Crippen LogP contribution in [0.4, 0.5) is 14.0 Å². The molecule has 7 heterocycles. The molecule has 0 spiro atoms. The summed E-state index contributed by atoms with van der Waals surface area (Å²) in [5, 5.41) is 7.33. The molecule has 0 bridgehead atoms. The van der Waals surface area contributed by atoms with E-state index in [-0.39, 0.29) is 35.7 Å². The van der Waals surface area contributed by atoms with Crippen LogP contribution in [0.2, 0.25) is 0 Å². The van der Waals surface area contributed by atoms with E-state index in [0.717, 1.165) is 57.7 Å². The van der Waals surface area contributed by atoms with Gasteiger partial charge in [-0.25, -0.2) is 28.9 Å². The quantitative estimate of drug-likeness (QED) is 0.0918. The second kappa shape index (κ2) is 18.3. The van der Waals surface area contributed by atoms with Crippen molar-refractivity contribution in [2.24, 2.45) is 17.8 Å². The molecular formula is C50H57FN10O7S. The highest BCUT2D eigenvalue weighted by atomic mass is 32.1. The topological polar surface area (TPSA) is 202 Å². The van der Waals surface area contributed by atoms with Gasteiger partial charge in [-0.3, -0.25) is 14.2 Å². The number of thiazole rings is 1. The fourth-order valence-corrected chi connectivity index (χ4v) is 11.4. The van der Waals surface area contributed by atoms with Gasteiger partial charge in [0.25, 0.3) is 0 Å².